The van der Waals surface area contributed by atoms with Crippen molar-refractivity contribution < 1.29 is 13.2 Å². The number of benzene rings is 1. The van der Waals surface area contributed by atoms with Crippen LogP contribution in [0.1, 0.15) is 25.7 Å². The van der Waals surface area contributed by atoms with Crippen LogP contribution in [-0.2, 0) is 10.0 Å². The van der Waals surface area contributed by atoms with Gasteiger partial charge < -0.3 is 10.5 Å². The number of nitrogens with one attached hydrogen (secondary N) is 1. The Morgan fingerprint density at radius 1 is 1.43 bits per heavy atom. The van der Waals surface area contributed by atoms with Crippen molar-refractivity contribution in [1.29, 1.82) is 0 Å². The maximum atomic E-state index is 12.5. The van der Waals surface area contributed by atoms with E-state index in [1.165, 1.54) is 26.0 Å². The van der Waals surface area contributed by atoms with E-state index in [2.05, 4.69) is 20.7 Å². The van der Waals surface area contributed by atoms with Crippen LogP contribution >= 0.6 is 15.9 Å². The zero-order chi connectivity index (χ0) is 15.3. The van der Waals surface area contributed by atoms with E-state index in [4.69, 9.17) is 10.5 Å². The van der Waals surface area contributed by atoms with Crippen molar-refractivity contribution in [3.63, 3.8) is 0 Å². The predicted molar refractivity (Wildman–Crippen MR) is 84.7 cm³/mol. The third kappa shape index (κ3) is 2.91. The lowest BCUT2D eigenvalue weighted by molar-refractivity contribution is 0.400. The molecule has 0 heterocycles. The molecular weight excluding hydrogens is 356 g/mol. The van der Waals surface area contributed by atoms with E-state index < -0.39 is 10.0 Å². The topological polar surface area (TPSA) is 81.4 Å². The molecule has 3 N–H and O–H groups in total. The molecule has 0 amide bonds. The summed E-state index contributed by atoms with van der Waals surface area (Å²) in [5, 5.41) is 0. The smallest absolute Gasteiger partial charge is 0.244 e. The molecule has 0 aromatic heterocycles. The van der Waals surface area contributed by atoms with Crippen molar-refractivity contribution in [2.24, 2.45) is 11.3 Å². The summed E-state index contributed by atoms with van der Waals surface area (Å²) in [6, 6.07) is 3.01. The summed E-state index contributed by atoms with van der Waals surface area (Å²) < 4.78 is 33.6. The fourth-order valence-corrected chi connectivity index (χ4v) is 4.47. The molecule has 116 valence electrons. The molecule has 2 fully saturated rings. The molecule has 2 aliphatic rings. The van der Waals surface area contributed by atoms with Crippen LogP contribution in [0.25, 0.3) is 0 Å². The Hall–Kier alpha value is -0.790. The molecule has 0 spiro atoms. The summed E-state index contributed by atoms with van der Waals surface area (Å²) in [5.41, 5.74) is 6.38. The van der Waals surface area contributed by atoms with E-state index in [0.29, 0.717) is 28.4 Å². The third-order valence-electron chi connectivity index (χ3n) is 4.52. The van der Waals surface area contributed by atoms with Crippen molar-refractivity contribution in [3.05, 3.63) is 16.6 Å². The molecule has 0 aliphatic heterocycles. The monoisotopic (exact) mass is 374 g/mol. The first kappa shape index (κ1) is 15.1. The first-order valence-corrected chi connectivity index (χ1v) is 9.28. The lowest BCUT2D eigenvalue weighted by atomic mass is 10.0. The van der Waals surface area contributed by atoms with Crippen LogP contribution in [0.4, 0.5) is 5.69 Å². The molecule has 2 aliphatic carbocycles. The van der Waals surface area contributed by atoms with Gasteiger partial charge in [-0.05, 0) is 65.1 Å². The van der Waals surface area contributed by atoms with Gasteiger partial charge >= 0.3 is 0 Å². The van der Waals surface area contributed by atoms with Crippen molar-refractivity contribution >= 4 is 31.6 Å². The van der Waals surface area contributed by atoms with Gasteiger partial charge in [-0.3, -0.25) is 0 Å². The van der Waals surface area contributed by atoms with E-state index in [9.17, 15) is 8.42 Å². The summed E-state index contributed by atoms with van der Waals surface area (Å²) in [6.07, 6.45) is 4.71. The first-order valence-electron chi connectivity index (χ1n) is 7.01. The number of sulfonamides is 1. The Balaban J connectivity index is 1.82. The van der Waals surface area contributed by atoms with E-state index in [1.54, 1.807) is 6.07 Å². The summed E-state index contributed by atoms with van der Waals surface area (Å²) in [4.78, 5) is 0.0947. The van der Waals surface area contributed by atoms with E-state index in [-0.39, 0.29) is 10.3 Å². The highest BCUT2D eigenvalue weighted by atomic mass is 79.9. The Bertz CT molecular complexity index is 667. The highest BCUT2D eigenvalue weighted by molar-refractivity contribution is 9.10. The molecule has 2 saturated carbocycles. The van der Waals surface area contributed by atoms with Crippen molar-refractivity contribution in [3.8, 4) is 5.75 Å². The van der Waals surface area contributed by atoms with Gasteiger partial charge in [0.15, 0.2) is 0 Å². The number of hydrogen-bond donors (Lipinski definition) is 2. The Labute approximate surface area is 133 Å². The van der Waals surface area contributed by atoms with Crippen LogP contribution in [0.15, 0.2) is 21.5 Å². The lowest BCUT2D eigenvalue weighted by Gasteiger charge is -2.17. The zero-order valence-electron chi connectivity index (χ0n) is 11.9. The number of anilines is 1. The fourth-order valence-electron chi connectivity index (χ4n) is 2.82. The largest absolute Gasteiger partial charge is 0.495 e. The van der Waals surface area contributed by atoms with Crippen LogP contribution < -0.4 is 15.2 Å². The minimum atomic E-state index is -3.62. The molecule has 0 atom stereocenters. The standard InChI is InChI=1S/C14H19BrN2O3S/c1-20-12-6-10(15)11(16)7-13(12)21(18,19)17-8-14(4-5-14)9-2-3-9/h6-7,9,17H,2-5,8,16H2,1H3. The molecule has 3 rings (SSSR count). The van der Waals surface area contributed by atoms with Crippen molar-refractivity contribution in [1.82, 2.24) is 4.72 Å². The predicted octanol–water partition coefficient (Wildman–Crippen LogP) is 2.51. The Morgan fingerprint density at radius 2 is 2.10 bits per heavy atom. The average Bonchev–Trinajstić information content (AvgIpc) is 3.31. The van der Waals surface area contributed by atoms with Crippen molar-refractivity contribution in [2.75, 3.05) is 19.4 Å². The summed E-state index contributed by atoms with van der Waals surface area (Å²) in [6.45, 7) is 0.513. The van der Waals surface area contributed by atoms with Gasteiger partial charge in [0.25, 0.3) is 0 Å². The second kappa shape index (κ2) is 5.14. The SMILES string of the molecule is COc1cc(Br)c(N)cc1S(=O)(=O)NCC1(C2CC2)CC1. The number of hydrogen-bond acceptors (Lipinski definition) is 4. The lowest BCUT2D eigenvalue weighted by Crippen LogP contribution is -2.31. The molecule has 0 bridgehead atoms. The van der Waals surface area contributed by atoms with Gasteiger partial charge in [0, 0.05) is 16.7 Å². The van der Waals surface area contributed by atoms with Gasteiger partial charge in [0.2, 0.25) is 10.0 Å². The van der Waals surface area contributed by atoms with E-state index >= 15 is 0 Å². The Kier molecular flexibility index (Phi) is 3.70. The molecule has 0 radical (unpaired) electrons. The second-order valence-electron chi connectivity index (χ2n) is 5.99. The number of rotatable bonds is 6. The van der Waals surface area contributed by atoms with Crippen LogP contribution in [0, 0.1) is 11.3 Å². The molecular formula is C14H19BrN2O3S. The molecule has 7 heteroatoms. The van der Waals surface area contributed by atoms with Gasteiger partial charge in [-0.1, -0.05) is 0 Å². The molecule has 1 aromatic rings. The summed E-state index contributed by atoms with van der Waals surface area (Å²) in [7, 11) is -2.17. The van der Waals surface area contributed by atoms with Gasteiger partial charge in [-0.2, -0.15) is 0 Å². The minimum Gasteiger partial charge on any atom is -0.495 e. The highest BCUT2D eigenvalue weighted by Gasteiger charge is 2.53. The molecule has 21 heavy (non-hydrogen) atoms. The van der Waals surface area contributed by atoms with E-state index in [0.717, 1.165) is 12.8 Å². The molecule has 5 nitrogen and oxygen atoms in total. The van der Waals surface area contributed by atoms with Crippen LogP contribution in [0.2, 0.25) is 0 Å². The van der Waals surface area contributed by atoms with E-state index in [1.807, 2.05) is 0 Å². The van der Waals surface area contributed by atoms with Crippen LogP contribution in [0.3, 0.4) is 0 Å². The molecule has 1 aromatic carbocycles. The third-order valence-corrected chi connectivity index (χ3v) is 6.63. The molecule has 0 saturated heterocycles. The summed E-state index contributed by atoms with van der Waals surface area (Å²) in [5.74, 6) is 0.997. The maximum absolute atomic E-state index is 12.5. The number of ether oxygens (including phenoxy) is 1. The summed E-state index contributed by atoms with van der Waals surface area (Å²) >= 11 is 3.28. The van der Waals surface area contributed by atoms with Crippen molar-refractivity contribution in [2.45, 2.75) is 30.6 Å². The number of halogens is 1. The average molecular weight is 375 g/mol. The number of nitrogens with two attached hydrogens (primary N) is 1. The molecule has 0 unspecified atom stereocenters. The van der Waals surface area contributed by atoms with Gasteiger partial charge in [-0.25, -0.2) is 13.1 Å². The van der Waals surface area contributed by atoms with Gasteiger partial charge in [0.05, 0.1) is 7.11 Å². The van der Waals surface area contributed by atoms with Gasteiger partial charge in [-0.15, -0.1) is 0 Å². The fraction of sp³-hybridized carbons (Fsp3) is 0.571. The maximum Gasteiger partial charge on any atom is 0.244 e. The number of methoxy groups -OCH3 is 1. The second-order valence-corrected chi connectivity index (χ2v) is 8.58. The first-order chi connectivity index (χ1) is 9.88. The van der Waals surface area contributed by atoms with Gasteiger partial charge in [0.1, 0.15) is 10.6 Å². The van der Waals surface area contributed by atoms with Crippen LogP contribution in [0.5, 0.6) is 5.75 Å². The number of nitrogen functional groups attached to an aromatic ring is 1. The van der Waals surface area contributed by atoms with Crippen LogP contribution in [-0.4, -0.2) is 22.1 Å². The normalized spacial score (nSPS) is 20.3. The Morgan fingerprint density at radius 3 is 2.62 bits per heavy atom. The minimum absolute atomic E-state index is 0.0947. The highest BCUT2D eigenvalue weighted by Crippen LogP contribution is 2.60. The zero-order valence-corrected chi connectivity index (χ0v) is 14.3. The quantitative estimate of drug-likeness (QED) is 0.749.